The quantitative estimate of drug-likeness (QED) is 0.113. The minimum Gasteiger partial charge on any atom is -0.458 e. The number of hydrogen-bond donors (Lipinski definition) is 4. The van der Waals surface area contributed by atoms with Crippen LogP contribution in [-0.4, -0.2) is 156 Å². The minimum atomic E-state index is -2.02. The van der Waals surface area contributed by atoms with E-state index in [4.69, 9.17) is 47.4 Å². The van der Waals surface area contributed by atoms with Crippen LogP contribution in [0.25, 0.3) is 0 Å². The molecule has 16 heteroatoms. The van der Waals surface area contributed by atoms with Crippen molar-refractivity contribution in [2.24, 2.45) is 22.7 Å². The average molecular weight is 923 g/mol. The molecule has 20 atom stereocenters. The predicted octanol–water partition coefficient (Wildman–Crippen LogP) is 4.59. The van der Waals surface area contributed by atoms with Gasteiger partial charge in [-0.25, -0.2) is 4.79 Å². The Morgan fingerprint density at radius 1 is 0.769 bits per heavy atom. The van der Waals surface area contributed by atoms with Crippen molar-refractivity contribution in [1.29, 1.82) is 0 Å². The number of aliphatic hydroxyl groups is 4. The summed E-state index contributed by atoms with van der Waals surface area (Å²) in [7, 11) is 4.84. The molecule has 370 valence electrons. The lowest BCUT2D eigenvalue weighted by Crippen LogP contribution is -2.78. The predicted molar refractivity (Wildman–Crippen MR) is 234 cm³/mol. The number of carbonyl (C=O) groups is 2. The first-order chi connectivity index (χ1) is 30.5. The number of ether oxygens (including phenoxy) is 10. The smallest absolute Gasteiger partial charge is 0.330 e. The number of hydrogen-bond acceptors (Lipinski definition) is 16. The van der Waals surface area contributed by atoms with E-state index in [2.05, 4.69) is 6.92 Å². The van der Waals surface area contributed by atoms with Crippen LogP contribution >= 0.6 is 0 Å². The zero-order valence-electron chi connectivity index (χ0n) is 40.7. The third-order valence-electron chi connectivity index (χ3n) is 17.4. The van der Waals surface area contributed by atoms with Crippen LogP contribution in [0.15, 0.2) is 23.3 Å². The van der Waals surface area contributed by atoms with E-state index in [0.717, 1.165) is 11.1 Å². The number of Topliss-reactive ketones (excluding diaryl/α,β-unsaturated/α-hetero) is 1. The molecule has 0 amide bonds. The van der Waals surface area contributed by atoms with Gasteiger partial charge in [-0.3, -0.25) is 4.79 Å². The summed E-state index contributed by atoms with van der Waals surface area (Å²) in [6, 6.07) is 0. The fourth-order valence-corrected chi connectivity index (χ4v) is 12.9. The molecule has 6 fully saturated rings. The topological polar surface area (TPSA) is 207 Å². The number of methoxy groups -OCH3 is 3. The van der Waals surface area contributed by atoms with Crippen molar-refractivity contribution in [1.82, 2.24) is 0 Å². The van der Waals surface area contributed by atoms with Gasteiger partial charge < -0.3 is 67.8 Å². The van der Waals surface area contributed by atoms with Gasteiger partial charge in [-0.15, -0.1) is 0 Å². The molecule has 16 nitrogen and oxygen atoms in total. The van der Waals surface area contributed by atoms with Crippen LogP contribution in [0, 0.1) is 22.7 Å². The molecule has 3 saturated carbocycles. The third kappa shape index (κ3) is 8.75. The maximum Gasteiger partial charge on any atom is 0.330 e. The van der Waals surface area contributed by atoms with Crippen LogP contribution in [0.1, 0.15) is 127 Å². The molecule has 0 aromatic carbocycles. The van der Waals surface area contributed by atoms with Gasteiger partial charge in [0.1, 0.15) is 41.2 Å². The van der Waals surface area contributed by atoms with Crippen LogP contribution in [-0.2, 0) is 57.0 Å². The normalized spacial score (nSPS) is 49.1. The number of allylic oxidation sites excluding steroid dienone is 1. The Morgan fingerprint density at radius 3 is 1.85 bits per heavy atom. The molecule has 0 bridgehead atoms. The molecule has 4 aliphatic carbocycles. The van der Waals surface area contributed by atoms with E-state index in [9.17, 15) is 30.0 Å². The van der Waals surface area contributed by atoms with Gasteiger partial charge in [0.2, 0.25) is 0 Å². The molecule has 0 spiro atoms. The van der Waals surface area contributed by atoms with Crippen molar-refractivity contribution in [3.05, 3.63) is 23.3 Å². The van der Waals surface area contributed by atoms with Crippen LogP contribution in [0.4, 0.5) is 0 Å². The third-order valence-corrected chi connectivity index (χ3v) is 17.4. The van der Waals surface area contributed by atoms with Crippen molar-refractivity contribution >= 4 is 11.8 Å². The van der Waals surface area contributed by atoms with E-state index >= 15 is 0 Å². The molecule has 65 heavy (non-hydrogen) atoms. The van der Waals surface area contributed by atoms with E-state index in [-0.39, 0.29) is 49.9 Å². The molecule has 0 aromatic heterocycles. The van der Waals surface area contributed by atoms with Gasteiger partial charge in [0.05, 0.1) is 48.1 Å². The summed E-state index contributed by atoms with van der Waals surface area (Å²) in [6.45, 7) is 16.4. The second-order valence-corrected chi connectivity index (χ2v) is 21.0. The SMILES string of the molecule is CO[C@H]1C[C@H](O[C@H]2CC[C@@]3(C)C(=CC[C@]4(O)[C@@H]3C[C@@H](OC(=O)/C=C(\C)C(C)C)[C@@]3(C)[C@]4(O)CC[C@@]3(O)C(C)=O)C2)O[C@H](C)[C@H]1O[C@H]1C[C@@H](OC)[C@H](O[C@H]2C[C@@H](OC)[C@H](O)[C@@H](C)O2)[C@@H](C)O1. The summed E-state index contributed by atoms with van der Waals surface area (Å²) in [4.78, 5) is 26.8. The Bertz CT molecular complexity index is 1790. The van der Waals surface area contributed by atoms with E-state index in [1.165, 1.54) is 13.0 Å². The van der Waals surface area contributed by atoms with E-state index < -0.39 is 113 Å². The fraction of sp³-hybridized carbons (Fsp3) is 0.878. The van der Waals surface area contributed by atoms with Crippen molar-refractivity contribution in [2.75, 3.05) is 21.3 Å². The molecule has 4 N–H and O–H groups in total. The molecule has 7 rings (SSSR count). The zero-order chi connectivity index (χ0) is 47.6. The number of esters is 1. The Labute approximate surface area is 384 Å². The molecule has 0 aromatic rings. The van der Waals surface area contributed by atoms with Gasteiger partial charge in [0.25, 0.3) is 0 Å². The first kappa shape index (κ1) is 51.0. The number of fused-ring (bicyclic) bond motifs is 5. The highest BCUT2D eigenvalue weighted by atomic mass is 16.7. The lowest BCUT2D eigenvalue weighted by Gasteiger charge is -2.67. The molecule has 3 saturated heterocycles. The second kappa shape index (κ2) is 19.1. The molecular formula is C49H78O16. The van der Waals surface area contributed by atoms with Crippen LogP contribution in [0.5, 0.6) is 0 Å². The Hall–Kier alpha value is -1.90. The first-order valence-corrected chi connectivity index (χ1v) is 24.0. The molecule has 0 radical (unpaired) electrons. The minimum absolute atomic E-state index is 0.0276. The lowest BCUT2D eigenvalue weighted by atomic mass is 9.42. The highest BCUT2D eigenvalue weighted by Crippen LogP contribution is 2.71. The maximum atomic E-state index is 13.5. The van der Waals surface area contributed by atoms with Crippen molar-refractivity contribution < 1.29 is 77.4 Å². The van der Waals surface area contributed by atoms with E-state index in [1.54, 1.807) is 35.2 Å². The summed E-state index contributed by atoms with van der Waals surface area (Å²) in [5.74, 6) is -1.59. The number of rotatable bonds is 13. The van der Waals surface area contributed by atoms with Crippen LogP contribution < -0.4 is 0 Å². The average Bonchev–Trinajstić information content (AvgIpc) is 3.48. The Balaban J connectivity index is 1.01. The van der Waals surface area contributed by atoms with E-state index in [0.29, 0.717) is 38.5 Å². The number of carbonyl (C=O) groups excluding carboxylic acids is 2. The summed E-state index contributed by atoms with van der Waals surface area (Å²) in [5, 5.41) is 48.3. The van der Waals surface area contributed by atoms with Crippen molar-refractivity contribution in [3.8, 4) is 0 Å². The van der Waals surface area contributed by atoms with Crippen molar-refractivity contribution in [3.63, 3.8) is 0 Å². The van der Waals surface area contributed by atoms with Gasteiger partial charge in [-0.1, -0.05) is 38.0 Å². The fourth-order valence-electron chi connectivity index (χ4n) is 12.9. The first-order valence-electron chi connectivity index (χ1n) is 24.0. The van der Waals surface area contributed by atoms with Crippen LogP contribution in [0.3, 0.4) is 0 Å². The van der Waals surface area contributed by atoms with Gasteiger partial charge in [-0.2, -0.15) is 0 Å². The summed E-state index contributed by atoms with van der Waals surface area (Å²) >= 11 is 0. The Kier molecular flexibility index (Phi) is 15.0. The molecule has 0 unspecified atom stereocenters. The summed E-state index contributed by atoms with van der Waals surface area (Å²) in [6.07, 6.45) is -0.620. The summed E-state index contributed by atoms with van der Waals surface area (Å²) < 4.78 is 62.1. The second-order valence-electron chi connectivity index (χ2n) is 21.0. The Morgan fingerprint density at radius 2 is 1.31 bits per heavy atom. The highest BCUT2D eigenvalue weighted by Gasteiger charge is 2.81. The van der Waals surface area contributed by atoms with Crippen molar-refractivity contribution in [2.45, 2.75) is 229 Å². The number of ketones is 1. The van der Waals surface area contributed by atoms with E-state index in [1.807, 2.05) is 40.7 Å². The van der Waals surface area contributed by atoms with Gasteiger partial charge in [0.15, 0.2) is 24.7 Å². The monoisotopic (exact) mass is 923 g/mol. The van der Waals surface area contributed by atoms with Gasteiger partial charge >= 0.3 is 5.97 Å². The summed E-state index contributed by atoms with van der Waals surface area (Å²) in [5.41, 5.74) is -6.04. The lowest BCUT2D eigenvalue weighted by molar-refractivity contribution is -0.338. The number of aliphatic hydroxyl groups excluding tert-OH is 1. The maximum absolute atomic E-state index is 13.5. The standard InChI is InChI=1S/C49H78O16/c1-25(2)26(3)19-38(51)63-37-24-36-45(8)15-14-32(20-31(45)13-16-48(36,54)49(55)18-17-47(53,30(7)50)46(37,49)9)62-39-22-34(57-11)43(28(5)60-39)65-41-23-35(58-12)44(29(6)61-41)64-40-21-33(56-10)42(52)27(4)59-40/h13,19,25,27-29,32-37,39-44,52-55H,14-18,20-24H2,1-12H3/b26-19+/t27-,28-,29-,32+,33-,34+,35-,36-,37-,39+,40+,41+,42-,43-,44-,45+,46-,47-,48+,49-/m1/s1. The molecule has 3 heterocycles. The zero-order valence-corrected chi connectivity index (χ0v) is 40.7. The van der Waals surface area contributed by atoms with Gasteiger partial charge in [0, 0.05) is 52.6 Å². The molecular weight excluding hydrogens is 845 g/mol. The largest absolute Gasteiger partial charge is 0.458 e. The molecule has 3 aliphatic heterocycles. The van der Waals surface area contributed by atoms with Crippen LogP contribution in [0.2, 0.25) is 0 Å². The highest BCUT2D eigenvalue weighted by molar-refractivity contribution is 5.87. The molecule has 7 aliphatic rings. The van der Waals surface area contributed by atoms with Gasteiger partial charge in [-0.05, 0) is 97.8 Å².